The largest absolute Gasteiger partial charge is 0.376 e. The lowest BCUT2D eigenvalue weighted by Crippen LogP contribution is -2.41. The maximum atomic E-state index is 11.5. The van der Waals surface area contributed by atoms with Crippen LogP contribution in [-0.4, -0.2) is 51.8 Å². The monoisotopic (exact) mass is 276 g/mol. The van der Waals surface area contributed by atoms with E-state index in [2.05, 4.69) is 10.6 Å². The summed E-state index contributed by atoms with van der Waals surface area (Å²) >= 11 is 0. The van der Waals surface area contributed by atoms with Crippen LogP contribution in [0.15, 0.2) is 0 Å². The predicted molar refractivity (Wildman–Crippen MR) is 67.1 cm³/mol. The Balaban J connectivity index is 1.60. The van der Waals surface area contributed by atoms with Crippen LogP contribution in [-0.2, 0) is 14.6 Å². The maximum Gasteiger partial charge on any atom is 0.314 e. The summed E-state index contributed by atoms with van der Waals surface area (Å²) in [5.41, 5.74) is 0. The summed E-state index contributed by atoms with van der Waals surface area (Å²) in [6.07, 6.45) is 2.81. The molecule has 2 rings (SSSR count). The molecule has 0 aliphatic carbocycles. The van der Waals surface area contributed by atoms with E-state index in [-0.39, 0.29) is 29.6 Å². The Labute approximate surface area is 107 Å². The van der Waals surface area contributed by atoms with Crippen LogP contribution in [0.1, 0.15) is 19.3 Å². The van der Waals surface area contributed by atoms with Crippen molar-refractivity contribution in [3.8, 4) is 0 Å². The van der Waals surface area contributed by atoms with Crippen molar-refractivity contribution in [3.05, 3.63) is 0 Å². The maximum absolute atomic E-state index is 11.5. The number of rotatable bonds is 4. The highest BCUT2D eigenvalue weighted by atomic mass is 32.2. The van der Waals surface area contributed by atoms with Gasteiger partial charge in [-0.3, -0.25) is 0 Å². The van der Waals surface area contributed by atoms with Gasteiger partial charge in [-0.05, 0) is 25.2 Å². The fraction of sp³-hybridized carbons (Fsp3) is 0.909. The van der Waals surface area contributed by atoms with Gasteiger partial charge in [0.05, 0.1) is 17.6 Å². The summed E-state index contributed by atoms with van der Waals surface area (Å²) in [5, 5.41) is 5.46. The molecule has 2 heterocycles. The molecule has 2 N–H and O–H groups in total. The van der Waals surface area contributed by atoms with Crippen LogP contribution in [0.3, 0.4) is 0 Å². The molecule has 2 saturated heterocycles. The van der Waals surface area contributed by atoms with Crippen LogP contribution >= 0.6 is 0 Å². The predicted octanol–water partition coefficient (Wildman–Crippen LogP) is -0.101. The van der Waals surface area contributed by atoms with Crippen molar-refractivity contribution in [1.82, 2.24) is 10.6 Å². The van der Waals surface area contributed by atoms with Gasteiger partial charge in [-0.1, -0.05) is 0 Å². The molecule has 2 unspecified atom stereocenters. The molecule has 2 aliphatic rings. The van der Waals surface area contributed by atoms with E-state index >= 15 is 0 Å². The summed E-state index contributed by atoms with van der Waals surface area (Å²) < 4.78 is 27.9. The molecule has 0 spiro atoms. The topological polar surface area (TPSA) is 84.5 Å². The molecule has 0 saturated carbocycles. The highest BCUT2D eigenvalue weighted by Gasteiger charge is 2.27. The van der Waals surface area contributed by atoms with E-state index in [0.29, 0.717) is 19.5 Å². The summed E-state index contributed by atoms with van der Waals surface area (Å²) in [6.45, 7) is 1.72. The normalized spacial score (nSPS) is 30.2. The molecule has 0 aromatic rings. The Morgan fingerprint density at radius 3 is 2.61 bits per heavy atom. The lowest BCUT2D eigenvalue weighted by Gasteiger charge is -2.13. The fourth-order valence-corrected chi connectivity index (χ4v) is 4.21. The molecule has 0 bridgehead atoms. The zero-order valence-corrected chi connectivity index (χ0v) is 11.2. The fourth-order valence-electron chi connectivity index (χ4n) is 2.34. The van der Waals surface area contributed by atoms with Gasteiger partial charge >= 0.3 is 6.03 Å². The molecular weight excluding hydrogens is 256 g/mol. The van der Waals surface area contributed by atoms with Crippen molar-refractivity contribution in [2.24, 2.45) is 5.92 Å². The first kappa shape index (κ1) is 13.6. The molecule has 2 aliphatic heterocycles. The number of sulfone groups is 1. The lowest BCUT2D eigenvalue weighted by atomic mass is 10.1. The van der Waals surface area contributed by atoms with Gasteiger partial charge in [-0.2, -0.15) is 0 Å². The second-order valence-corrected chi connectivity index (χ2v) is 7.22. The molecule has 7 heteroatoms. The second-order valence-electron chi connectivity index (χ2n) is 5.00. The Morgan fingerprint density at radius 2 is 2.00 bits per heavy atom. The first-order chi connectivity index (χ1) is 8.55. The molecule has 2 atom stereocenters. The van der Waals surface area contributed by atoms with E-state index in [0.717, 1.165) is 19.4 Å². The highest BCUT2D eigenvalue weighted by Crippen LogP contribution is 2.17. The molecule has 6 nitrogen and oxygen atoms in total. The summed E-state index contributed by atoms with van der Waals surface area (Å²) in [7, 11) is -2.86. The number of carbonyl (C=O) groups is 1. The third-order valence-electron chi connectivity index (χ3n) is 3.39. The van der Waals surface area contributed by atoms with Gasteiger partial charge < -0.3 is 15.4 Å². The Kier molecular flexibility index (Phi) is 4.45. The van der Waals surface area contributed by atoms with Crippen molar-refractivity contribution >= 4 is 15.9 Å². The summed E-state index contributed by atoms with van der Waals surface area (Å²) in [4.78, 5) is 11.5. The van der Waals surface area contributed by atoms with Gasteiger partial charge in [-0.15, -0.1) is 0 Å². The average Bonchev–Trinajstić information content (AvgIpc) is 2.93. The van der Waals surface area contributed by atoms with Crippen LogP contribution in [0, 0.1) is 5.92 Å². The number of hydrogen-bond donors (Lipinski definition) is 2. The second kappa shape index (κ2) is 5.88. The summed E-state index contributed by atoms with van der Waals surface area (Å²) in [6, 6.07) is -0.241. The van der Waals surface area contributed by atoms with Crippen LogP contribution in [0.2, 0.25) is 0 Å². The molecule has 18 heavy (non-hydrogen) atoms. The Bertz CT molecular complexity index is 390. The van der Waals surface area contributed by atoms with Crippen molar-refractivity contribution in [3.63, 3.8) is 0 Å². The third-order valence-corrected chi connectivity index (χ3v) is 5.23. The number of urea groups is 1. The third kappa shape index (κ3) is 4.13. The molecule has 2 amide bonds. The Morgan fingerprint density at radius 1 is 1.22 bits per heavy atom. The minimum absolute atomic E-state index is 0.0588. The quantitative estimate of drug-likeness (QED) is 0.751. The number of hydrogen-bond acceptors (Lipinski definition) is 4. The standard InChI is InChI=1S/C11H20N2O4S/c14-11(13-7-10-2-1-4-17-10)12-6-9-3-5-18(15,16)8-9/h9-10H,1-8H2,(H2,12,13,14). The van der Waals surface area contributed by atoms with E-state index in [1.165, 1.54) is 0 Å². The smallest absolute Gasteiger partial charge is 0.314 e. The molecule has 0 aromatic carbocycles. The number of amides is 2. The first-order valence-electron chi connectivity index (χ1n) is 6.39. The van der Waals surface area contributed by atoms with Crippen LogP contribution in [0.4, 0.5) is 4.79 Å². The van der Waals surface area contributed by atoms with E-state index in [4.69, 9.17) is 4.74 Å². The Hall–Kier alpha value is -0.820. The zero-order valence-electron chi connectivity index (χ0n) is 10.4. The van der Waals surface area contributed by atoms with E-state index in [9.17, 15) is 13.2 Å². The van der Waals surface area contributed by atoms with Gasteiger partial charge in [0.2, 0.25) is 0 Å². The van der Waals surface area contributed by atoms with Crippen LogP contribution in [0.25, 0.3) is 0 Å². The summed E-state index contributed by atoms with van der Waals surface area (Å²) in [5.74, 6) is 0.499. The lowest BCUT2D eigenvalue weighted by molar-refractivity contribution is 0.111. The SMILES string of the molecule is O=C(NCC1CCS(=O)(=O)C1)NCC1CCCO1. The number of carbonyl (C=O) groups excluding carboxylic acids is 1. The van der Waals surface area contributed by atoms with Crippen molar-refractivity contribution in [2.45, 2.75) is 25.4 Å². The molecular formula is C11H20N2O4S. The average molecular weight is 276 g/mol. The van der Waals surface area contributed by atoms with Crippen molar-refractivity contribution < 1.29 is 17.9 Å². The van der Waals surface area contributed by atoms with E-state index in [1.54, 1.807) is 0 Å². The highest BCUT2D eigenvalue weighted by molar-refractivity contribution is 7.91. The van der Waals surface area contributed by atoms with Crippen molar-refractivity contribution in [2.75, 3.05) is 31.2 Å². The van der Waals surface area contributed by atoms with E-state index in [1.807, 2.05) is 0 Å². The molecule has 0 radical (unpaired) electrons. The number of nitrogens with one attached hydrogen (secondary N) is 2. The minimum Gasteiger partial charge on any atom is -0.376 e. The van der Waals surface area contributed by atoms with Gasteiger partial charge in [0.25, 0.3) is 0 Å². The van der Waals surface area contributed by atoms with Crippen LogP contribution < -0.4 is 10.6 Å². The van der Waals surface area contributed by atoms with Gasteiger partial charge in [0, 0.05) is 19.7 Å². The molecule has 0 aromatic heterocycles. The first-order valence-corrected chi connectivity index (χ1v) is 8.21. The van der Waals surface area contributed by atoms with Crippen molar-refractivity contribution in [1.29, 1.82) is 0 Å². The molecule has 2 fully saturated rings. The zero-order chi connectivity index (χ0) is 13.0. The van der Waals surface area contributed by atoms with Gasteiger partial charge in [0.15, 0.2) is 9.84 Å². The van der Waals surface area contributed by atoms with Gasteiger partial charge in [-0.25, -0.2) is 13.2 Å². The van der Waals surface area contributed by atoms with E-state index < -0.39 is 9.84 Å². The van der Waals surface area contributed by atoms with Crippen LogP contribution in [0.5, 0.6) is 0 Å². The van der Waals surface area contributed by atoms with Gasteiger partial charge in [0.1, 0.15) is 0 Å². The minimum atomic E-state index is -2.86. The number of ether oxygens (including phenoxy) is 1. The molecule has 104 valence electrons.